The number of carbonyl (C=O) groups excluding carboxylic acids is 2. The number of rotatable bonds is 3. The molecule has 22 heavy (non-hydrogen) atoms. The number of ether oxygens (including phenoxy) is 1. The molecule has 0 aromatic carbocycles. The highest BCUT2D eigenvalue weighted by Gasteiger charge is 2.22. The smallest absolute Gasteiger partial charge is 0.274 e. The minimum atomic E-state index is -0.287. The zero-order chi connectivity index (χ0) is 16.3. The van der Waals surface area contributed by atoms with E-state index in [0.29, 0.717) is 32.0 Å². The molecule has 0 atom stereocenters. The zero-order valence-electron chi connectivity index (χ0n) is 13.7. The van der Waals surface area contributed by atoms with Crippen LogP contribution >= 0.6 is 0 Å². The summed E-state index contributed by atoms with van der Waals surface area (Å²) in [6.45, 7) is 9.99. The summed E-state index contributed by atoms with van der Waals surface area (Å²) in [5.74, 6) is -0.231. The van der Waals surface area contributed by atoms with Crippen molar-refractivity contribution in [1.29, 1.82) is 0 Å². The lowest BCUT2D eigenvalue weighted by Gasteiger charge is -2.25. The molecule has 1 aliphatic rings. The van der Waals surface area contributed by atoms with E-state index in [1.54, 1.807) is 15.6 Å². The summed E-state index contributed by atoms with van der Waals surface area (Å²) in [6.07, 6.45) is 0. The third-order valence-corrected chi connectivity index (χ3v) is 3.31. The molecule has 0 spiro atoms. The van der Waals surface area contributed by atoms with Gasteiger partial charge in [-0.05, 0) is 33.8 Å². The number of aryl methyl sites for hydroxylation is 1. The fourth-order valence-electron chi connectivity index (χ4n) is 2.30. The van der Waals surface area contributed by atoms with E-state index in [0.717, 1.165) is 5.69 Å². The van der Waals surface area contributed by atoms with E-state index in [1.165, 1.54) is 0 Å². The number of hydrogen-bond donors (Lipinski definition) is 1. The molecule has 1 N–H and O–H groups in total. The van der Waals surface area contributed by atoms with E-state index < -0.39 is 0 Å². The van der Waals surface area contributed by atoms with Crippen LogP contribution in [0, 0.1) is 6.92 Å². The predicted octanol–water partition coefficient (Wildman–Crippen LogP) is 0.579. The SMILES string of the molecule is Cc1cc(C(=O)N2CCOCC2)nn1CC(=O)NC(C)(C)C. The van der Waals surface area contributed by atoms with Gasteiger partial charge in [-0.25, -0.2) is 0 Å². The van der Waals surface area contributed by atoms with Crippen LogP contribution in [0.5, 0.6) is 0 Å². The van der Waals surface area contributed by atoms with Crippen LogP contribution in [0.1, 0.15) is 37.0 Å². The molecular formula is C15H24N4O3. The lowest BCUT2D eigenvalue weighted by Crippen LogP contribution is -2.42. The lowest BCUT2D eigenvalue weighted by atomic mass is 10.1. The van der Waals surface area contributed by atoms with Gasteiger partial charge in [0.15, 0.2) is 5.69 Å². The molecule has 1 aliphatic heterocycles. The molecule has 1 fully saturated rings. The number of amides is 2. The number of aromatic nitrogens is 2. The van der Waals surface area contributed by atoms with Crippen LogP contribution in [-0.4, -0.2) is 58.3 Å². The Morgan fingerprint density at radius 1 is 1.32 bits per heavy atom. The van der Waals surface area contributed by atoms with Crippen molar-refractivity contribution in [1.82, 2.24) is 20.0 Å². The topological polar surface area (TPSA) is 76.5 Å². The van der Waals surface area contributed by atoms with Crippen LogP contribution < -0.4 is 5.32 Å². The van der Waals surface area contributed by atoms with Gasteiger partial charge >= 0.3 is 0 Å². The van der Waals surface area contributed by atoms with E-state index in [9.17, 15) is 9.59 Å². The van der Waals surface area contributed by atoms with Crippen molar-refractivity contribution in [3.63, 3.8) is 0 Å². The van der Waals surface area contributed by atoms with Crippen molar-refractivity contribution in [2.24, 2.45) is 0 Å². The average Bonchev–Trinajstić information content (AvgIpc) is 2.78. The Balaban J connectivity index is 2.04. The molecular weight excluding hydrogens is 284 g/mol. The van der Waals surface area contributed by atoms with Crippen LogP contribution in [0.25, 0.3) is 0 Å². The highest BCUT2D eigenvalue weighted by Crippen LogP contribution is 2.09. The standard InChI is InChI=1S/C15H24N4O3/c1-11-9-12(14(21)18-5-7-22-8-6-18)17-19(11)10-13(20)16-15(2,3)4/h9H,5-8,10H2,1-4H3,(H,16,20). The predicted molar refractivity (Wildman–Crippen MR) is 81.6 cm³/mol. The van der Waals surface area contributed by atoms with Gasteiger partial charge in [-0.15, -0.1) is 0 Å². The lowest BCUT2D eigenvalue weighted by molar-refractivity contribution is -0.123. The molecule has 1 aromatic heterocycles. The number of hydrogen-bond acceptors (Lipinski definition) is 4. The van der Waals surface area contributed by atoms with Crippen molar-refractivity contribution in [2.45, 2.75) is 39.8 Å². The van der Waals surface area contributed by atoms with Crippen molar-refractivity contribution < 1.29 is 14.3 Å². The molecule has 1 saturated heterocycles. The van der Waals surface area contributed by atoms with Crippen LogP contribution in [0.4, 0.5) is 0 Å². The van der Waals surface area contributed by atoms with Crippen LogP contribution in [0.15, 0.2) is 6.07 Å². The van der Waals surface area contributed by atoms with E-state index >= 15 is 0 Å². The molecule has 2 rings (SSSR count). The minimum Gasteiger partial charge on any atom is -0.378 e. The molecule has 122 valence electrons. The second kappa shape index (κ2) is 6.48. The summed E-state index contributed by atoms with van der Waals surface area (Å²) in [7, 11) is 0. The first kappa shape index (κ1) is 16.5. The molecule has 7 heteroatoms. The summed E-state index contributed by atoms with van der Waals surface area (Å²) in [6, 6.07) is 1.72. The Morgan fingerprint density at radius 2 is 1.95 bits per heavy atom. The second-order valence-electron chi connectivity index (χ2n) is 6.53. The van der Waals surface area contributed by atoms with Gasteiger partial charge in [-0.3, -0.25) is 14.3 Å². The maximum Gasteiger partial charge on any atom is 0.274 e. The molecule has 7 nitrogen and oxygen atoms in total. The largest absolute Gasteiger partial charge is 0.378 e. The Kier molecular flexibility index (Phi) is 4.85. The third kappa shape index (κ3) is 4.30. The normalized spacial score (nSPS) is 15.7. The highest BCUT2D eigenvalue weighted by atomic mass is 16.5. The number of nitrogens with one attached hydrogen (secondary N) is 1. The van der Waals surface area contributed by atoms with Gasteiger partial charge in [0.1, 0.15) is 6.54 Å². The number of carbonyl (C=O) groups is 2. The molecule has 0 radical (unpaired) electrons. The van der Waals surface area contributed by atoms with Gasteiger partial charge in [0.05, 0.1) is 13.2 Å². The van der Waals surface area contributed by atoms with Crippen LogP contribution in [0.3, 0.4) is 0 Å². The van der Waals surface area contributed by atoms with Crippen molar-refractivity contribution in [3.05, 3.63) is 17.5 Å². The van der Waals surface area contributed by atoms with Gasteiger partial charge in [-0.2, -0.15) is 5.10 Å². The Labute approximate surface area is 130 Å². The molecule has 0 unspecified atom stereocenters. The molecule has 2 amide bonds. The maximum atomic E-state index is 12.4. The average molecular weight is 308 g/mol. The molecule has 0 aliphatic carbocycles. The van der Waals surface area contributed by atoms with E-state index in [1.807, 2.05) is 27.7 Å². The van der Waals surface area contributed by atoms with Crippen molar-refractivity contribution in [2.75, 3.05) is 26.3 Å². The zero-order valence-corrected chi connectivity index (χ0v) is 13.7. The first-order chi connectivity index (χ1) is 10.3. The summed E-state index contributed by atoms with van der Waals surface area (Å²) >= 11 is 0. The van der Waals surface area contributed by atoms with E-state index in [4.69, 9.17) is 4.74 Å². The van der Waals surface area contributed by atoms with Crippen molar-refractivity contribution >= 4 is 11.8 Å². The van der Waals surface area contributed by atoms with Gasteiger partial charge in [0.2, 0.25) is 5.91 Å². The second-order valence-corrected chi connectivity index (χ2v) is 6.53. The van der Waals surface area contributed by atoms with Crippen LogP contribution in [-0.2, 0) is 16.1 Å². The maximum absolute atomic E-state index is 12.4. The van der Waals surface area contributed by atoms with E-state index in [-0.39, 0.29) is 23.9 Å². The van der Waals surface area contributed by atoms with Gasteiger partial charge in [0, 0.05) is 24.3 Å². The Bertz CT molecular complexity index is 554. The monoisotopic (exact) mass is 308 g/mol. The minimum absolute atomic E-state index is 0.110. The molecule has 1 aromatic rings. The third-order valence-electron chi connectivity index (χ3n) is 3.31. The van der Waals surface area contributed by atoms with Gasteiger partial charge in [-0.1, -0.05) is 0 Å². The highest BCUT2D eigenvalue weighted by molar-refractivity contribution is 5.92. The summed E-state index contributed by atoms with van der Waals surface area (Å²) in [5, 5.41) is 7.16. The van der Waals surface area contributed by atoms with Crippen molar-refractivity contribution in [3.8, 4) is 0 Å². The van der Waals surface area contributed by atoms with Crippen LogP contribution in [0.2, 0.25) is 0 Å². The summed E-state index contributed by atoms with van der Waals surface area (Å²) in [4.78, 5) is 26.1. The first-order valence-corrected chi connectivity index (χ1v) is 7.49. The summed E-state index contributed by atoms with van der Waals surface area (Å²) in [5.41, 5.74) is 0.883. The molecule has 2 heterocycles. The van der Waals surface area contributed by atoms with E-state index in [2.05, 4.69) is 10.4 Å². The van der Waals surface area contributed by atoms with Gasteiger partial charge in [0.25, 0.3) is 5.91 Å². The quantitative estimate of drug-likeness (QED) is 0.886. The Morgan fingerprint density at radius 3 is 2.55 bits per heavy atom. The number of nitrogens with zero attached hydrogens (tertiary/aromatic N) is 3. The van der Waals surface area contributed by atoms with Gasteiger partial charge < -0.3 is 15.0 Å². The molecule has 0 saturated carbocycles. The fraction of sp³-hybridized carbons (Fsp3) is 0.667. The number of morpholine rings is 1. The summed E-state index contributed by atoms with van der Waals surface area (Å²) < 4.78 is 6.81. The Hall–Kier alpha value is -1.89. The fourth-order valence-corrected chi connectivity index (χ4v) is 2.30. The first-order valence-electron chi connectivity index (χ1n) is 7.49. The molecule has 0 bridgehead atoms.